The second-order valence-corrected chi connectivity index (χ2v) is 3.84. The van der Waals surface area contributed by atoms with Gasteiger partial charge in [0, 0.05) is 15.1 Å². The highest BCUT2D eigenvalue weighted by Gasteiger charge is 2.05. The van der Waals surface area contributed by atoms with Crippen LogP contribution in [0.2, 0.25) is 5.02 Å². The Balaban J connectivity index is 3.36. The molecule has 1 rings (SSSR count). The van der Waals surface area contributed by atoms with Crippen molar-refractivity contribution in [3.05, 3.63) is 31.9 Å². The molecule has 0 aliphatic carbocycles. The van der Waals surface area contributed by atoms with Crippen molar-refractivity contribution >= 4 is 34.2 Å². The Bertz CT molecular complexity index is 344. The molecule has 0 fully saturated rings. The number of nitriles is 1. The van der Waals surface area contributed by atoms with Crippen LogP contribution in [0.3, 0.4) is 0 Å². The Kier molecular flexibility index (Phi) is 3.32. The van der Waals surface area contributed by atoms with E-state index in [1.165, 1.54) is 0 Å². The topological polar surface area (TPSA) is 49.8 Å². The van der Waals surface area contributed by atoms with Gasteiger partial charge in [0.05, 0.1) is 5.56 Å². The van der Waals surface area contributed by atoms with E-state index >= 15 is 0 Å². The van der Waals surface area contributed by atoms with Crippen molar-refractivity contribution in [1.82, 2.24) is 0 Å². The van der Waals surface area contributed by atoms with Crippen LogP contribution in [-0.4, -0.2) is 0 Å². The van der Waals surface area contributed by atoms with Crippen molar-refractivity contribution in [3.8, 4) is 6.07 Å². The Morgan fingerprint density at radius 3 is 2.75 bits per heavy atom. The van der Waals surface area contributed by atoms with Crippen molar-refractivity contribution in [2.45, 2.75) is 6.54 Å². The maximum absolute atomic E-state index is 8.77. The first kappa shape index (κ1) is 9.78. The fourth-order valence-electron chi connectivity index (χ4n) is 0.913. The number of rotatable bonds is 1. The van der Waals surface area contributed by atoms with Gasteiger partial charge in [0.25, 0.3) is 0 Å². The minimum atomic E-state index is 0.347. The third-order valence-corrected chi connectivity index (χ3v) is 2.54. The molecule has 2 N–H and O–H groups in total. The first-order chi connectivity index (χ1) is 5.69. The lowest BCUT2D eigenvalue weighted by Gasteiger charge is -2.03. The van der Waals surface area contributed by atoms with Crippen LogP contribution in [0.1, 0.15) is 11.1 Å². The molecule has 0 radical (unpaired) electrons. The Morgan fingerprint density at radius 1 is 1.58 bits per heavy atom. The summed E-state index contributed by atoms with van der Waals surface area (Å²) in [5.74, 6) is 0. The second kappa shape index (κ2) is 4.08. The number of benzene rings is 1. The van der Waals surface area contributed by atoms with E-state index in [-0.39, 0.29) is 0 Å². The zero-order valence-corrected chi connectivity index (χ0v) is 9.06. The lowest BCUT2D eigenvalue weighted by molar-refractivity contribution is 1.06. The molecule has 0 saturated heterocycles. The number of halogens is 2. The summed E-state index contributed by atoms with van der Waals surface area (Å²) in [4.78, 5) is 0. The summed E-state index contributed by atoms with van der Waals surface area (Å²) in [7, 11) is 0. The van der Waals surface area contributed by atoms with Crippen LogP contribution in [0, 0.1) is 14.9 Å². The fraction of sp³-hybridized carbons (Fsp3) is 0.125. The third-order valence-electron chi connectivity index (χ3n) is 1.47. The largest absolute Gasteiger partial charge is 0.326 e. The van der Waals surface area contributed by atoms with Gasteiger partial charge in [-0.3, -0.25) is 0 Å². The van der Waals surface area contributed by atoms with Crippen LogP contribution < -0.4 is 5.73 Å². The number of nitrogens with zero attached hydrogens (tertiary/aromatic N) is 1. The Hall–Kier alpha value is -0.310. The van der Waals surface area contributed by atoms with Gasteiger partial charge in [-0.25, -0.2) is 0 Å². The molecule has 4 heteroatoms. The highest BCUT2D eigenvalue weighted by atomic mass is 127. The first-order valence-electron chi connectivity index (χ1n) is 3.27. The van der Waals surface area contributed by atoms with Crippen molar-refractivity contribution in [2.24, 2.45) is 5.73 Å². The summed E-state index contributed by atoms with van der Waals surface area (Å²) in [5, 5.41) is 9.39. The highest BCUT2D eigenvalue weighted by molar-refractivity contribution is 14.1. The van der Waals surface area contributed by atoms with Crippen LogP contribution in [0.25, 0.3) is 0 Å². The van der Waals surface area contributed by atoms with Gasteiger partial charge >= 0.3 is 0 Å². The molecule has 1 aromatic carbocycles. The van der Waals surface area contributed by atoms with E-state index in [0.717, 1.165) is 9.13 Å². The molecule has 0 spiro atoms. The minimum Gasteiger partial charge on any atom is -0.326 e. The van der Waals surface area contributed by atoms with E-state index in [9.17, 15) is 0 Å². The maximum Gasteiger partial charge on any atom is 0.101 e. The number of hydrogen-bond donors (Lipinski definition) is 1. The molecule has 0 aliphatic heterocycles. The summed E-state index contributed by atoms with van der Waals surface area (Å²) in [6.45, 7) is 0.347. The van der Waals surface area contributed by atoms with Crippen molar-refractivity contribution in [2.75, 3.05) is 0 Å². The van der Waals surface area contributed by atoms with Crippen LogP contribution in [-0.2, 0) is 6.54 Å². The van der Waals surface area contributed by atoms with Crippen LogP contribution >= 0.6 is 34.2 Å². The zero-order valence-electron chi connectivity index (χ0n) is 6.14. The predicted octanol–water partition coefficient (Wildman–Crippen LogP) is 2.27. The Labute approximate surface area is 89.5 Å². The summed E-state index contributed by atoms with van der Waals surface area (Å²) in [6, 6.07) is 5.57. The highest BCUT2D eigenvalue weighted by Crippen LogP contribution is 2.21. The standard InChI is InChI=1S/C8H6ClIN2/c9-6-1-5(3-11)7(4-12)8(10)2-6/h1-2H,3,11H2. The average molecular weight is 293 g/mol. The molecular formula is C8H6ClIN2. The third kappa shape index (κ3) is 1.89. The first-order valence-corrected chi connectivity index (χ1v) is 4.72. The fourth-order valence-corrected chi connectivity index (χ4v) is 2.14. The summed E-state index contributed by atoms with van der Waals surface area (Å²) >= 11 is 7.86. The average Bonchev–Trinajstić information content (AvgIpc) is 2.03. The molecule has 0 aliphatic rings. The van der Waals surface area contributed by atoms with Crippen LogP contribution in [0.15, 0.2) is 12.1 Å². The molecule has 0 amide bonds. The summed E-state index contributed by atoms with van der Waals surface area (Å²) in [5.41, 5.74) is 6.88. The van der Waals surface area contributed by atoms with Gasteiger partial charge in [0.15, 0.2) is 0 Å². The van der Waals surface area contributed by atoms with Crippen molar-refractivity contribution < 1.29 is 0 Å². The molecule has 1 aromatic rings. The smallest absolute Gasteiger partial charge is 0.101 e. The molecule has 2 nitrogen and oxygen atoms in total. The monoisotopic (exact) mass is 292 g/mol. The molecule has 62 valence electrons. The molecule has 0 atom stereocenters. The van der Waals surface area contributed by atoms with E-state index in [0.29, 0.717) is 17.1 Å². The van der Waals surface area contributed by atoms with Gasteiger partial charge in [-0.15, -0.1) is 0 Å². The van der Waals surface area contributed by atoms with Gasteiger partial charge < -0.3 is 5.73 Å². The van der Waals surface area contributed by atoms with Crippen molar-refractivity contribution in [1.29, 1.82) is 5.26 Å². The van der Waals surface area contributed by atoms with Crippen LogP contribution in [0.4, 0.5) is 0 Å². The minimum absolute atomic E-state index is 0.347. The summed E-state index contributed by atoms with van der Waals surface area (Å²) in [6.07, 6.45) is 0. The lowest BCUT2D eigenvalue weighted by Crippen LogP contribution is -2.01. The quantitative estimate of drug-likeness (QED) is 0.807. The zero-order chi connectivity index (χ0) is 9.14. The number of nitrogens with two attached hydrogens (primary N) is 1. The van der Waals surface area contributed by atoms with Crippen LogP contribution in [0.5, 0.6) is 0 Å². The molecule has 12 heavy (non-hydrogen) atoms. The summed E-state index contributed by atoms with van der Waals surface area (Å²) < 4.78 is 0.850. The van der Waals surface area contributed by atoms with Gasteiger partial charge in [-0.05, 0) is 40.3 Å². The molecule has 0 unspecified atom stereocenters. The van der Waals surface area contributed by atoms with E-state index in [2.05, 4.69) is 28.7 Å². The van der Waals surface area contributed by atoms with E-state index in [1.807, 2.05) is 0 Å². The van der Waals surface area contributed by atoms with Crippen molar-refractivity contribution in [3.63, 3.8) is 0 Å². The molecule has 0 heterocycles. The molecule has 0 aromatic heterocycles. The predicted molar refractivity (Wildman–Crippen MR) is 56.8 cm³/mol. The van der Waals surface area contributed by atoms with E-state index in [1.54, 1.807) is 12.1 Å². The SMILES string of the molecule is N#Cc1c(I)cc(Cl)cc1CN. The van der Waals surface area contributed by atoms with Gasteiger partial charge in [-0.1, -0.05) is 11.6 Å². The van der Waals surface area contributed by atoms with E-state index in [4.69, 9.17) is 22.6 Å². The Morgan fingerprint density at radius 2 is 2.25 bits per heavy atom. The molecule has 0 bridgehead atoms. The number of hydrogen-bond acceptors (Lipinski definition) is 2. The van der Waals surface area contributed by atoms with Gasteiger partial charge in [0.1, 0.15) is 6.07 Å². The molecule has 0 saturated carbocycles. The molecular weight excluding hydrogens is 286 g/mol. The van der Waals surface area contributed by atoms with Gasteiger partial charge in [-0.2, -0.15) is 5.26 Å². The lowest BCUT2D eigenvalue weighted by atomic mass is 10.1. The van der Waals surface area contributed by atoms with Gasteiger partial charge in [0.2, 0.25) is 0 Å². The van der Waals surface area contributed by atoms with E-state index < -0.39 is 0 Å². The normalized spacial score (nSPS) is 9.50. The maximum atomic E-state index is 8.77. The second-order valence-electron chi connectivity index (χ2n) is 2.24.